The van der Waals surface area contributed by atoms with Crippen molar-refractivity contribution in [2.75, 3.05) is 26.3 Å². The fourth-order valence-corrected chi connectivity index (χ4v) is 1.78. The summed E-state index contributed by atoms with van der Waals surface area (Å²) >= 11 is 0. The van der Waals surface area contributed by atoms with E-state index in [9.17, 15) is 14.7 Å². The summed E-state index contributed by atoms with van der Waals surface area (Å²) < 4.78 is 15.5. The molecule has 0 aromatic carbocycles. The third-order valence-corrected chi connectivity index (χ3v) is 2.57. The molecule has 0 radical (unpaired) electrons. The zero-order chi connectivity index (χ0) is 15.3. The lowest BCUT2D eigenvalue weighted by Crippen LogP contribution is -2.54. The largest absolute Gasteiger partial charge is 0.464 e. The van der Waals surface area contributed by atoms with E-state index >= 15 is 0 Å². The Morgan fingerprint density at radius 2 is 2.00 bits per heavy atom. The van der Waals surface area contributed by atoms with E-state index in [0.29, 0.717) is 0 Å². The molecule has 1 amide bonds. The number of amides is 1. The highest BCUT2D eigenvalue weighted by Crippen LogP contribution is 2.16. The van der Waals surface area contributed by atoms with E-state index in [2.05, 4.69) is 0 Å². The fraction of sp³-hybridized carbons (Fsp3) is 0.846. The van der Waals surface area contributed by atoms with Crippen LogP contribution in [0.2, 0.25) is 0 Å². The van der Waals surface area contributed by atoms with E-state index in [1.807, 2.05) is 0 Å². The molecule has 1 aliphatic rings. The second-order valence-electron chi connectivity index (χ2n) is 5.57. The zero-order valence-electron chi connectivity index (χ0n) is 12.4. The van der Waals surface area contributed by atoms with E-state index in [1.165, 1.54) is 4.90 Å². The molecule has 0 aromatic heterocycles. The van der Waals surface area contributed by atoms with Crippen LogP contribution in [0.4, 0.5) is 4.79 Å². The SMILES string of the molecule is CCOC(=O)C1CN(C(=O)OC(C)(C)C)C[C@@H](CO)O1. The van der Waals surface area contributed by atoms with Gasteiger partial charge in [0, 0.05) is 0 Å². The highest BCUT2D eigenvalue weighted by Gasteiger charge is 2.36. The molecule has 20 heavy (non-hydrogen) atoms. The second-order valence-corrected chi connectivity index (χ2v) is 5.57. The summed E-state index contributed by atoms with van der Waals surface area (Å²) in [5, 5.41) is 9.20. The number of ether oxygens (including phenoxy) is 3. The van der Waals surface area contributed by atoms with Crippen molar-refractivity contribution >= 4 is 12.1 Å². The molecule has 1 aliphatic heterocycles. The van der Waals surface area contributed by atoms with Gasteiger partial charge >= 0.3 is 12.1 Å². The number of morpholine rings is 1. The van der Waals surface area contributed by atoms with Crippen molar-refractivity contribution in [3.05, 3.63) is 0 Å². The van der Waals surface area contributed by atoms with Gasteiger partial charge in [-0.05, 0) is 27.7 Å². The Balaban J connectivity index is 2.71. The summed E-state index contributed by atoms with van der Waals surface area (Å²) in [6, 6.07) is 0. The summed E-state index contributed by atoms with van der Waals surface area (Å²) in [5.41, 5.74) is -0.622. The van der Waals surface area contributed by atoms with Crippen molar-refractivity contribution in [1.29, 1.82) is 0 Å². The predicted molar refractivity (Wildman–Crippen MR) is 70.2 cm³/mol. The molecule has 1 heterocycles. The van der Waals surface area contributed by atoms with E-state index in [4.69, 9.17) is 14.2 Å². The molecule has 1 N–H and O–H groups in total. The second kappa shape index (κ2) is 6.90. The zero-order valence-corrected chi connectivity index (χ0v) is 12.4. The van der Waals surface area contributed by atoms with Crippen molar-refractivity contribution in [1.82, 2.24) is 4.90 Å². The molecule has 0 bridgehead atoms. The first-order valence-corrected chi connectivity index (χ1v) is 6.67. The van der Waals surface area contributed by atoms with Crippen LogP contribution in [-0.2, 0) is 19.0 Å². The highest BCUT2D eigenvalue weighted by atomic mass is 16.6. The van der Waals surface area contributed by atoms with Gasteiger partial charge in [0.1, 0.15) is 5.60 Å². The minimum atomic E-state index is -0.895. The van der Waals surface area contributed by atoms with Gasteiger partial charge in [-0.3, -0.25) is 0 Å². The van der Waals surface area contributed by atoms with Crippen LogP contribution in [0.1, 0.15) is 27.7 Å². The standard InChI is InChI=1S/C13H23NO6/c1-5-18-11(16)10-7-14(6-9(8-15)19-10)12(17)20-13(2,3)4/h9-10,15H,5-8H2,1-4H3/t9-,10?/m0/s1. The Morgan fingerprint density at radius 1 is 1.35 bits per heavy atom. The van der Waals surface area contributed by atoms with Crippen LogP contribution in [-0.4, -0.2) is 66.2 Å². The van der Waals surface area contributed by atoms with Crippen LogP contribution in [0.5, 0.6) is 0 Å². The molecular formula is C13H23NO6. The smallest absolute Gasteiger partial charge is 0.410 e. The number of esters is 1. The van der Waals surface area contributed by atoms with Crippen LogP contribution in [0, 0.1) is 0 Å². The number of hydrogen-bond acceptors (Lipinski definition) is 6. The molecule has 7 nitrogen and oxygen atoms in total. The molecule has 7 heteroatoms. The van der Waals surface area contributed by atoms with Crippen molar-refractivity contribution < 1.29 is 28.9 Å². The Hall–Kier alpha value is -1.34. The van der Waals surface area contributed by atoms with Gasteiger partial charge in [0.15, 0.2) is 6.10 Å². The van der Waals surface area contributed by atoms with Crippen molar-refractivity contribution in [2.45, 2.75) is 45.5 Å². The normalized spacial score (nSPS) is 23.4. The van der Waals surface area contributed by atoms with Gasteiger partial charge in [-0.25, -0.2) is 9.59 Å². The highest BCUT2D eigenvalue weighted by molar-refractivity contribution is 5.77. The molecule has 2 atom stereocenters. The average molecular weight is 289 g/mol. The maximum absolute atomic E-state index is 12.0. The number of aliphatic hydroxyl groups is 1. The lowest BCUT2D eigenvalue weighted by molar-refractivity contribution is -0.171. The monoisotopic (exact) mass is 289 g/mol. The van der Waals surface area contributed by atoms with E-state index < -0.39 is 29.9 Å². The van der Waals surface area contributed by atoms with Gasteiger partial charge in [-0.2, -0.15) is 0 Å². The Bertz CT molecular complexity index is 351. The first kappa shape index (κ1) is 16.7. The molecule has 116 valence electrons. The molecule has 0 saturated carbocycles. The van der Waals surface area contributed by atoms with Gasteiger partial charge in [-0.15, -0.1) is 0 Å². The molecular weight excluding hydrogens is 266 g/mol. The van der Waals surface area contributed by atoms with Crippen LogP contribution >= 0.6 is 0 Å². The van der Waals surface area contributed by atoms with Crippen LogP contribution in [0.25, 0.3) is 0 Å². The third kappa shape index (κ3) is 4.97. The molecule has 1 saturated heterocycles. The Kier molecular flexibility index (Phi) is 5.76. The minimum absolute atomic E-state index is 0.0598. The third-order valence-electron chi connectivity index (χ3n) is 2.57. The van der Waals surface area contributed by atoms with Gasteiger partial charge in [0.25, 0.3) is 0 Å². The van der Waals surface area contributed by atoms with Gasteiger partial charge in [0.05, 0.1) is 32.4 Å². The van der Waals surface area contributed by atoms with Crippen molar-refractivity contribution in [2.24, 2.45) is 0 Å². The Labute approximate surface area is 118 Å². The number of rotatable bonds is 3. The molecule has 1 rings (SSSR count). The summed E-state index contributed by atoms with van der Waals surface area (Å²) in [7, 11) is 0. The fourth-order valence-electron chi connectivity index (χ4n) is 1.78. The van der Waals surface area contributed by atoms with Crippen LogP contribution in [0.3, 0.4) is 0 Å². The number of hydrogen-bond donors (Lipinski definition) is 1. The Morgan fingerprint density at radius 3 is 2.50 bits per heavy atom. The quantitative estimate of drug-likeness (QED) is 0.764. The maximum Gasteiger partial charge on any atom is 0.410 e. The minimum Gasteiger partial charge on any atom is -0.464 e. The molecule has 1 unspecified atom stereocenters. The summed E-state index contributed by atoms with van der Waals surface area (Å²) in [4.78, 5) is 25.1. The topological polar surface area (TPSA) is 85.3 Å². The number of aliphatic hydroxyl groups excluding tert-OH is 1. The van der Waals surface area contributed by atoms with Crippen LogP contribution in [0.15, 0.2) is 0 Å². The van der Waals surface area contributed by atoms with Gasteiger partial charge in [0.2, 0.25) is 0 Å². The maximum atomic E-state index is 12.0. The number of carbonyl (C=O) groups is 2. The van der Waals surface area contributed by atoms with Crippen molar-refractivity contribution in [3.8, 4) is 0 Å². The first-order chi connectivity index (χ1) is 9.26. The molecule has 0 spiro atoms. The predicted octanol–water partition coefficient (Wildman–Crippen LogP) is 0.546. The number of nitrogens with zero attached hydrogens (tertiary/aromatic N) is 1. The average Bonchev–Trinajstić information content (AvgIpc) is 2.36. The van der Waals surface area contributed by atoms with Crippen molar-refractivity contribution in [3.63, 3.8) is 0 Å². The molecule has 1 fully saturated rings. The number of carbonyl (C=O) groups excluding carboxylic acids is 2. The lowest BCUT2D eigenvalue weighted by atomic mass is 10.2. The summed E-state index contributed by atoms with van der Waals surface area (Å²) in [6.07, 6.45) is -2.05. The van der Waals surface area contributed by atoms with Gasteiger partial charge in [-0.1, -0.05) is 0 Å². The molecule has 0 aliphatic carbocycles. The van der Waals surface area contributed by atoms with Gasteiger partial charge < -0.3 is 24.2 Å². The summed E-state index contributed by atoms with van der Waals surface area (Å²) in [6.45, 7) is 7.17. The van der Waals surface area contributed by atoms with E-state index in [0.717, 1.165) is 0 Å². The van der Waals surface area contributed by atoms with Crippen LogP contribution < -0.4 is 0 Å². The first-order valence-electron chi connectivity index (χ1n) is 6.67. The molecule has 0 aromatic rings. The summed E-state index contributed by atoms with van der Waals surface area (Å²) in [5.74, 6) is -0.542. The van der Waals surface area contributed by atoms with E-state index in [-0.39, 0.29) is 26.3 Å². The van der Waals surface area contributed by atoms with E-state index in [1.54, 1.807) is 27.7 Å². The lowest BCUT2D eigenvalue weighted by Gasteiger charge is -2.36.